The average molecular weight is 390 g/mol. The third-order valence-electron chi connectivity index (χ3n) is 6.33. The number of piperidine rings is 1. The number of benzene rings is 1. The Morgan fingerprint density at radius 1 is 1.07 bits per heavy atom. The first-order valence-electron chi connectivity index (χ1n) is 9.90. The van der Waals surface area contributed by atoms with Gasteiger partial charge in [0.15, 0.2) is 0 Å². The SMILES string of the molecule is Cc1nc2c(c(=O)[nH]1)CCC21CCN(C(=O)c2ccc(-n3cnnc3)cc2)CC1. The van der Waals surface area contributed by atoms with Gasteiger partial charge in [0.25, 0.3) is 11.5 Å². The topological polar surface area (TPSA) is 96.8 Å². The zero-order valence-corrected chi connectivity index (χ0v) is 16.3. The van der Waals surface area contributed by atoms with Crippen LogP contribution < -0.4 is 5.56 Å². The van der Waals surface area contributed by atoms with E-state index >= 15 is 0 Å². The molecule has 2 aromatic heterocycles. The molecule has 1 N–H and O–H groups in total. The third-order valence-corrected chi connectivity index (χ3v) is 6.33. The van der Waals surface area contributed by atoms with Crippen LogP contribution in [0.5, 0.6) is 0 Å². The molecule has 0 radical (unpaired) electrons. The van der Waals surface area contributed by atoms with Gasteiger partial charge in [-0.3, -0.25) is 14.2 Å². The normalized spacial score (nSPS) is 17.5. The molecule has 0 atom stereocenters. The van der Waals surface area contributed by atoms with Gasteiger partial charge in [-0.05, 0) is 56.9 Å². The van der Waals surface area contributed by atoms with Crippen LogP contribution >= 0.6 is 0 Å². The van der Waals surface area contributed by atoms with E-state index in [9.17, 15) is 9.59 Å². The van der Waals surface area contributed by atoms with Crippen LogP contribution in [0.4, 0.5) is 0 Å². The Morgan fingerprint density at radius 2 is 1.76 bits per heavy atom. The van der Waals surface area contributed by atoms with E-state index in [1.54, 1.807) is 17.2 Å². The minimum atomic E-state index is -0.0661. The number of carbonyl (C=O) groups is 1. The molecule has 148 valence electrons. The van der Waals surface area contributed by atoms with Crippen LogP contribution in [0.3, 0.4) is 0 Å². The summed E-state index contributed by atoms with van der Waals surface area (Å²) in [6.45, 7) is 3.19. The van der Waals surface area contributed by atoms with Crippen LogP contribution in [0, 0.1) is 6.92 Å². The number of carbonyl (C=O) groups excluding carboxylic acids is 1. The molecule has 1 aliphatic carbocycles. The van der Waals surface area contributed by atoms with Crippen molar-refractivity contribution in [2.45, 2.75) is 38.0 Å². The third kappa shape index (κ3) is 2.95. The summed E-state index contributed by atoms with van der Waals surface area (Å²) in [5.74, 6) is 0.713. The fourth-order valence-electron chi connectivity index (χ4n) is 4.68. The molecular formula is C21H22N6O2. The molecule has 5 rings (SSSR count). The predicted octanol–water partition coefficient (Wildman–Crippen LogP) is 1.78. The maximum Gasteiger partial charge on any atom is 0.254 e. The van der Waals surface area contributed by atoms with Crippen LogP contribution in [0.25, 0.3) is 5.69 Å². The zero-order valence-electron chi connectivity index (χ0n) is 16.3. The fourth-order valence-corrected chi connectivity index (χ4v) is 4.68. The number of aromatic amines is 1. The molecule has 1 aromatic carbocycles. The van der Waals surface area contributed by atoms with E-state index in [1.807, 2.05) is 36.1 Å². The molecule has 1 spiro atoms. The Morgan fingerprint density at radius 3 is 2.45 bits per heavy atom. The van der Waals surface area contributed by atoms with Crippen molar-refractivity contribution in [1.29, 1.82) is 0 Å². The lowest BCUT2D eigenvalue weighted by Gasteiger charge is -2.39. The number of aromatic nitrogens is 5. The number of hydrogen-bond donors (Lipinski definition) is 1. The number of amides is 1. The van der Waals surface area contributed by atoms with Crippen LogP contribution in [-0.4, -0.2) is 48.6 Å². The van der Waals surface area contributed by atoms with Gasteiger partial charge in [-0.1, -0.05) is 0 Å². The van der Waals surface area contributed by atoms with E-state index in [4.69, 9.17) is 0 Å². The number of rotatable bonds is 2. The van der Waals surface area contributed by atoms with Crippen molar-refractivity contribution in [1.82, 2.24) is 29.6 Å². The first-order chi connectivity index (χ1) is 14.1. The number of aryl methyl sites for hydroxylation is 1. The minimum absolute atomic E-state index is 0.00365. The van der Waals surface area contributed by atoms with Crippen molar-refractivity contribution >= 4 is 5.91 Å². The summed E-state index contributed by atoms with van der Waals surface area (Å²) in [6.07, 6.45) is 6.66. The molecule has 1 aliphatic heterocycles. The van der Waals surface area contributed by atoms with E-state index < -0.39 is 0 Å². The number of hydrogen-bond acceptors (Lipinski definition) is 5. The lowest BCUT2D eigenvalue weighted by Crippen LogP contribution is -2.44. The number of nitrogens with one attached hydrogen (secondary N) is 1. The summed E-state index contributed by atoms with van der Waals surface area (Å²) < 4.78 is 1.80. The Bertz CT molecular complexity index is 1110. The molecule has 8 heteroatoms. The Kier molecular flexibility index (Phi) is 4.08. The van der Waals surface area contributed by atoms with E-state index in [0.717, 1.165) is 42.6 Å². The van der Waals surface area contributed by atoms with Crippen molar-refractivity contribution in [2.24, 2.45) is 0 Å². The molecule has 2 aliphatic rings. The van der Waals surface area contributed by atoms with Gasteiger partial charge in [0, 0.05) is 35.3 Å². The van der Waals surface area contributed by atoms with Gasteiger partial charge < -0.3 is 9.88 Å². The van der Waals surface area contributed by atoms with Gasteiger partial charge in [-0.2, -0.15) is 0 Å². The molecule has 3 aromatic rings. The highest BCUT2D eigenvalue weighted by atomic mass is 16.2. The number of likely N-dealkylation sites (tertiary alicyclic amines) is 1. The first-order valence-corrected chi connectivity index (χ1v) is 9.90. The van der Waals surface area contributed by atoms with Crippen molar-refractivity contribution < 1.29 is 4.79 Å². The van der Waals surface area contributed by atoms with E-state index in [-0.39, 0.29) is 16.9 Å². The molecule has 29 heavy (non-hydrogen) atoms. The maximum absolute atomic E-state index is 13.0. The fraction of sp³-hybridized carbons (Fsp3) is 0.381. The van der Waals surface area contributed by atoms with Crippen LogP contribution in [0.15, 0.2) is 41.7 Å². The molecular weight excluding hydrogens is 368 g/mol. The van der Waals surface area contributed by atoms with E-state index in [2.05, 4.69) is 20.2 Å². The summed E-state index contributed by atoms with van der Waals surface area (Å²) in [5, 5.41) is 7.60. The summed E-state index contributed by atoms with van der Waals surface area (Å²) in [5.41, 5.74) is 3.32. The largest absolute Gasteiger partial charge is 0.339 e. The molecule has 0 saturated carbocycles. The van der Waals surface area contributed by atoms with Gasteiger partial charge in [-0.25, -0.2) is 4.98 Å². The monoisotopic (exact) mass is 390 g/mol. The van der Waals surface area contributed by atoms with Crippen molar-refractivity contribution in [3.63, 3.8) is 0 Å². The van der Waals surface area contributed by atoms with Gasteiger partial charge in [0.05, 0.1) is 5.69 Å². The highest BCUT2D eigenvalue weighted by Crippen LogP contribution is 2.44. The highest BCUT2D eigenvalue weighted by Gasteiger charge is 2.44. The van der Waals surface area contributed by atoms with Crippen LogP contribution in [0.2, 0.25) is 0 Å². The van der Waals surface area contributed by atoms with Crippen molar-refractivity contribution in [2.75, 3.05) is 13.1 Å². The van der Waals surface area contributed by atoms with Crippen molar-refractivity contribution in [3.8, 4) is 5.69 Å². The quantitative estimate of drug-likeness (QED) is 0.719. The van der Waals surface area contributed by atoms with Crippen molar-refractivity contribution in [3.05, 3.63) is 69.9 Å². The summed E-state index contributed by atoms with van der Waals surface area (Å²) in [6, 6.07) is 7.48. The molecule has 3 heterocycles. The second-order valence-corrected chi connectivity index (χ2v) is 7.97. The maximum atomic E-state index is 13.0. The van der Waals surface area contributed by atoms with Gasteiger partial charge in [-0.15, -0.1) is 10.2 Å². The summed E-state index contributed by atoms with van der Waals surface area (Å²) >= 11 is 0. The van der Waals surface area contributed by atoms with Gasteiger partial charge in [0.1, 0.15) is 18.5 Å². The second-order valence-electron chi connectivity index (χ2n) is 7.97. The van der Waals surface area contributed by atoms with Gasteiger partial charge >= 0.3 is 0 Å². The molecule has 0 bridgehead atoms. The molecule has 1 fully saturated rings. The Hall–Kier alpha value is -3.29. The van der Waals surface area contributed by atoms with Crippen LogP contribution in [-0.2, 0) is 11.8 Å². The summed E-state index contributed by atoms with van der Waals surface area (Å²) in [4.78, 5) is 34.6. The predicted molar refractivity (Wildman–Crippen MR) is 106 cm³/mol. The smallest absolute Gasteiger partial charge is 0.254 e. The van der Waals surface area contributed by atoms with Gasteiger partial charge in [0.2, 0.25) is 0 Å². The standard InChI is InChI=1S/C21H22N6O2/c1-14-24-18-17(19(28)25-14)6-7-21(18)8-10-26(11-9-21)20(29)15-2-4-16(5-3-15)27-12-22-23-13-27/h2-5,12-13H,6-11H2,1H3,(H,24,25,28). The molecule has 1 saturated heterocycles. The Labute approximate surface area is 167 Å². The van der Waals surface area contributed by atoms with E-state index in [1.165, 1.54) is 0 Å². The molecule has 1 amide bonds. The lowest BCUT2D eigenvalue weighted by atomic mass is 9.76. The second kappa shape index (κ2) is 6.65. The summed E-state index contributed by atoms with van der Waals surface area (Å²) in [7, 11) is 0. The average Bonchev–Trinajstić information content (AvgIpc) is 3.38. The van der Waals surface area contributed by atoms with Crippen LogP contribution in [0.1, 0.15) is 46.7 Å². The first kappa shape index (κ1) is 17.8. The number of fused-ring (bicyclic) bond motifs is 2. The number of H-pyrrole nitrogens is 1. The highest BCUT2D eigenvalue weighted by molar-refractivity contribution is 5.94. The van der Waals surface area contributed by atoms with E-state index in [0.29, 0.717) is 24.5 Å². The molecule has 8 nitrogen and oxygen atoms in total. The Balaban J connectivity index is 1.32. The molecule has 0 unspecified atom stereocenters. The lowest BCUT2D eigenvalue weighted by molar-refractivity contribution is 0.0663. The number of nitrogens with zero attached hydrogens (tertiary/aromatic N) is 5. The minimum Gasteiger partial charge on any atom is -0.339 e. The zero-order chi connectivity index (χ0) is 20.0.